The van der Waals surface area contributed by atoms with Gasteiger partial charge in [-0.25, -0.2) is 8.42 Å². The van der Waals surface area contributed by atoms with Gasteiger partial charge >= 0.3 is 5.76 Å². The Kier molecular flexibility index (Phi) is 5.46. The van der Waals surface area contributed by atoms with E-state index in [1.165, 1.54) is 12.1 Å². The van der Waals surface area contributed by atoms with Crippen molar-refractivity contribution in [3.8, 4) is 5.75 Å². The van der Waals surface area contributed by atoms with Gasteiger partial charge in [-0.05, 0) is 61.7 Å². The van der Waals surface area contributed by atoms with E-state index in [0.717, 1.165) is 36.4 Å². The van der Waals surface area contributed by atoms with E-state index in [1.54, 1.807) is 12.1 Å². The highest BCUT2D eigenvalue weighted by Crippen LogP contribution is 2.37. The molecule has 0 saturated carbocycles. The Morgan fingerprint density at radius 3 is 2.35 bits per heavy atom. The van der Waals surface area contributed by atoms with E-state index in [2.05, 4.69) is 4.90 Å². The van der Waals surface area contributed by atoms with Crippen molar-refractivity contribution >= 4 is 15.5 Å². The Balaban J connectivity index is 1.82. The standard InChI is InChI=1S/C19H21F2NO3S/c1-2-25-16-9-5-14(6-10-16)18-4-3-13-22(18)15-7-11-17(12-8-15)26(23,24)19(20)21/h5-12,18-19H,2-4,13H2,1H3. The third-order valence-corrected chi connectivity index (χ3v) is 5.96. The van der Waals surface area contributed by atoms with Crippen LogP contribution in [-0.4, -0.2) is 27.3 Å². The second kappa shape index (κ2) is 7.61. The SMILES string of the molecule is CCOc1ccc(C2CCCN2c2ccc(S(=O)(=O)C(F)F)cc2)cc1. The molecule has 1 fully saturated rings. The summed E-state index contributed by atoms with van der Waals surface area (Å²) in [4.78, 5) is 1.82. The molecule has 7 heteroatoms. The van der Waals surface area contributed by atoms with Gasteiger partial charge in [-0.1, -0.05) is 12.1 Å². The fourth-order valence-corrected chi connectivity index (χ4v) is 4.03. The lowest BCUT2D eigenvalue weighted by Gasteiger charge is -2.27. The number of hydrogen-bond acceptors (Lipinski definition) is 4. The van der Waals surface area contributed by atoms with Crippen LogP contribution >= 0.6 is 0 Å². The van der Waals surface area contributed by atoms with Crippen LogP contribution in [-0.2, 0) is 9.84 Å². The van der Waals surface area contributed by atoms with E-state index in [-0.39, 0.29) is 10.9 Å². The summed E-state index contributed by atoms with van der Waals surface area (Å²) in [5.41, 5.74) is 1.98. The second-order valence-corrected chi connectivity index (χ2v) is 8.07. The number of rotatable bonds is 6. The largest absolute Gasteiger partial charge is 0.494 e. The third-order valence-electron chi connectivity index (χ3n) is 4.56. The normalized spacial score (nSPS) is 17.7. The maximum Gasteiger partial charge on any atom is 0.341 e. The lowest BCUT2D eigenvalue weighted by Crippen LogP contribution is -2.22. The minimum Gasteiger partial charge on any atom is -0.494 e. The number of alkyl halides is 2. The van der Waals surface area contributed by atoms with E-state index in [1.807, 2.05) is 31.2 Å². The Morgan fingerprint density at radius 1 is 1.12 bits per heavy atom. The Hall–Kier alpha value is -2.15. The summed E-state index contributed by atoms with van der Waals surface area (Å²) in [6, 6.07) is 13.8. The van der Waals surface area contributed by atoms with Gasteiger partial charge in [-0.2, -0.15) is 8.78 Å². The van der Waals surface area contributed by atoms with E-state index in [9.17, 15) is 17.2 Å². The van der Waals surface area contributed by atoms with Crippen LogP contribution < -0.4 is 9.64 Å². The number of sulfone groups is 1. The molecule has 3 rings (SSSR count). The summed E-state index contributed by atoms with van der Waals surface area (Å²) in [6.07, 6.45) is 1.99. The third kappa shape index (κ3) is 3.67. The van der Waals surface area contributed by atoms with Gasteiger partial charge in [0, 0.05) is 12.2 Å². The average Bonchev–Trinajstić information content (AvgIpc) is 3.12. The molecule has 4 nitrogen and oxygen atoms in total. The van der Waals surface area contributed by atoms with Gasteiger partial charge in [-0.3, -0.25) is 0 Å². The van der Waals surface area contributed by atoms with Crippen molar-refractivity contribution in [1.82, 2.24) is 0 Å². The summed E-state index contributed by atoms with van der Waals surface area (Å²) in [7, 11) is -4.56. The number of hydrogen-bond donors (Lipinski definition) is 0. The average molecular weight is 381 g/mol. The van der Waals surface area contributed by atoms with Crippen molar-refractivity contribution in [2.24, 2.45) is 0 Å². The number of benzene rings is 2. The molecule has 1 unspecified atom stereocenters. The van der Waals surface area contributed by atoms with Gasteiger partial charge in [0.2, 0.25) is 9.84 Å². The first-order valence-electron chi connectivity index (χ1n) is 8.55. The molecule has 1 heterocycles. The van der Waals surface area contributed by atoms with E-state index in [4.69, 9.17) is 4.74 Å². The highest BCUT2D eigenvalue weighted by molar-refractivity contribution is 7.91. The number of anilines is 1. The van der Waals surface area contributed by atoms with Gasteiger partial charge in [0.05, 0.1) is 17.5 Å². The molecular weight excluding hydrogens is 360 g/mol. The molecule has 2 aromatic rings. The van der Waals surface area contributed by atoms with Gasteiger partial charge < -0.3 is 9.64 Å². The molecule has 0 aromatic heterocycles. The molecule has 0 amide bonds. The van der Waals surface area contributed by atoms with Gasteiger partial charge in [-0.15, -0.1) is 0 Å². The van der Waals surface area contributed by atoms with Crippen LogP contribution in [0.15, 0.2) is 53.4 Å². The predicted octanol–water partition coefficient (Wildman–Crippen LogP) is 4.42. The first-order valence-corrected chi connectivity index (χ1v) is 10.1. The molecule has 0 radical (unpaired) electrons. The fraction of sp³-hybridized carbons (Fsp3) is 0.368. The van der Waals surface area contributed by atoms with Crippen molar-refractivity contribution < 1.29 is 21.9 Å². The highest BCUT2D eigenvalue weighted by Gasteiger charge is 2.29. The first-order chi connectivity index (χ1) is 12.4. The van der Waals surface area contributed by atoms with Gasteiger partial charge in [0.15, 0.2) is 0 Å². The minimum atomic E-state index is -4.56. The molecule has 26 heavy (non-hydrogen) atoms. The molecule has 1 saturated heterocycles. The first kappa shape index (κ1) is 18.6. The zero-order chi connectivity index (χ0) is 18.7. The molecule has 0 aliphatic carbocycles. The summed E-state index contributed by atoms with van der Waals surface area (Å²) in [6.45, 7) is 3.38. The van der Waals surface area contributed by atoms with Crippen LogP contribution in [0.4, 0.5) is 14.5 Å². The number of nitrogens with zero attached hydrogens (tertiary/aromatic N) is 1. The van der Waals surface area contributed by atoms with Gasteiger partial charge in [0.1, 0.15) is 5.75 Å². The maximum atomic E-state index is 12.7. The van der Waals surface area contributed by atoms with Crippen molar-refractivity contribution in [2.75, 3.05) is 18.1 Å². The van der Waals surface area contributed by atoms with Crippen molar-refractivity contribution in [1.29, 1.82) is 0 Å². The van der Waals surface area contributed by atoms with Crippen LogP contribution in [0.25, 0.3) is 0 Å². The molecule has 2 aromatic carbocycles. The van der Waals surface area contributed by atoms with Crippen LogP contribution in [0.3, 0.4) is 0 Å². The van der Waals surface area contributed by atoms with E-state index >= 15 is 0 Å². The summed E-state index contributed by atoms with van der Waals surface area (Å²) >= 11 is 0. The number of ether oxygens (including phenoxy) is 1. The highest BCUT2D eigenvalue weighted by atomic mass is 32.2. The molecule has 0 spiro atoms. The van der Waals surface area contributed by atoms with Crippen LogP contribution in [0.5, 0.6) is 5.75 Å². The number of halogens is 2. The van der Waals surface area contributed by atoms with Crippen molar-refractivity contribution in [3.05, 3.63) is 54.1 Å². The lowest BCUT2D eigenvalue weighted by atomic mass is 10.0. The molecule has 1 aliphatic heterocycles. The molecule has 0 bridgehead atoms. The second-order valence-electron chi connectivity index (χ2n) is 6.15. The molecular formula is C19H21F2NO3S. The summed E-state index contributed by atoms with van der Waals surface area (Å²) < 4.78 is 53.9. The van der Waals surface area contributed by atoms with E-state index < -0.39 is 15.6 Å². The maximum absolute atomic E-state index is 12.7. The quantitative estimate of drug-likeness (QED) is 0.743. The molecule has 1 atom stereocenters. The minimum absolute atomic E-state index is 0.170. The van der Waals surface area contributed by atoms with Crippen LogP contribution in [0.2, 0.25) is 0 Å². The molecule has 0 N–H and O–H groups in total. The monoisotopic (exact) mass is 381 g/mol. The Labute approximate surface area is 152 Å². The zero-order valence-corrected chi connectivity index (χ0v) is 15.3. The van der Waals surface area contributed by atoms with Gasteiger partial charge in [0.25, 0.3) is 0 Å². The van der Waals surface area contributed by atoms with Crippen molar-refractivity contribution in [2.45, 2.75) is 36.5 Å². The lowest BCUT2D eigenvalue weighted by molar-refractivity contribution is 0.234. The Morgan fingerprint density at radius 2 is 1.77 bits per heavy atom. The van der Waals surface area contributed by atoms with Crippen LogP contribution in [0.1, 0.15) is 31.4 Å². The predicted molar refractivity (Wildman–Crippen MR) is 96.6 cm³/mol. The summed E-state index contributed by atoms with van der Waals surface area (Å²) in [5, 5.41) is 0. The fourth-order valence-electron chi connectivity index (χ4n) is 3.31. The molecule has 1 aliphatic rings. The summed E-state index contributed by atoms with van der Waals surface area (Å²) in [5.74, 6) is -2.58. The van der Waals surface area contributed by atoms with Crippen molar-refractivity contribution in [3.63, 3.8) is 0 Å². The Bertz CT molecular complexity index is 836. The smallest absolute Gasteiger partial charge is 0.341 e. The topological polar surface area (TPSA) is 46.6 Å². The zero-order valence-electron chi connectivity index (χ0n) is 14.4. The molecule has 140 valence electrons. The van der Waals surface area contributed by atoms with Crippen LogP contribution in [0, 0.1) is 0 Å². The van der Waals surface area contributed by atoms with E-state index in [0.29, 0.717) is 6.61 Å².